The molecule has 0 atom stereocenters. The molecule has 0 spiro atoms. The highest BCUT2D eigenvalue weighted by molar-refractivity contribution is 6.14. The Morgan fingerprint density at radius 1 is 0.595 bits per heavy atom. The summed E-state index contributed by atoms with van der Waals surface area (Å²) in [4.78, 5) is 17.7. The molecule has 0 bridgehead atoms. The van der Waals surface area contributed by atoms with Crippen LogP contribution in [0.3, 0.4) is 0 Å². The molecule has 0 radical (unpaired) electrons. The summed E-state index contributed by atoms with van der Waals surface area (Å²) in [6.07, 6.45) is 3.52. The van der Waals surface area contributed by atoms with Crippen LogP contribution in [0.4, 0.5) is 11.4 Å². The molecule has 2 N–H and O–H groups in total. The van der Waals surface area contributed by atoms with E-state index < -0.39 is 22.4 Å². The van der Waals surface area contributed by atoms with Crippen LogP contribution in [0.2, 0.25) is 0 Å². The van der Waals surface area contributed by atoms with E-state index in [1.165, 1.54) is 16.5 Å². The van der Waals surface area contributed by atoms with Crippen LogP contribution in [0, 0.1) is 0 Å². The number of Topliss-reactive ketones (excluding diaryl/α,β-unsaturated/α-hetero) is 1. The molecular formula is C37H34N2O3. The van der Waals surface area contributed by atoms with Gasteiger partial charge < -0.3 is 20.0 Å². The number of likely N-dealkylation sites (N-methyl/N-ethyl adjacent to an activating group) is 2. The lowest BCUT2D eigenvalue weighted by atomic mass is 9.80. The molecule has 3 aliphatic rings. The molecule has 4 aromatic rings. The summed E-state index contributed by atoms with van der Waals surface area (Å²) in [7, 11) is 3.97. The van der Waals surface area contributed by atoms with Crippen LogP contribution in [-0.2, 0) is 15.6 Å². The van der Waals surface area contributed by atoms with Crippen molar-refractivity contribution in [1.29, 1.82) is 0 Å². The minimum Gasteiger partial charge on any atom is -0.506 e. The van der Waals surface area contributed by atoms with Crippen LogP contribution in [0.5, 0.6) is 0 Å². The van der Waals surface area contributed by atoms with Gasteiger partial charge in [0.1, 0.15) is 5.76 Å². The maximum Gasteiger partial charge on any atom is 0.231 e. The molecule has 42 heavy (non-hydrogen) atoms. The Hall–Kier alpha value is -4.77. The molecule has 5 nitrogen and oxygen atoms in total. The van der Waals surface area contributed by atoms with Gasteiger partial charge in [0.05, 0.1) is 11.1 Å². The van der Waals surface area contributed by atoms with Crippen LogP contribution in [0.25, 0.3) is 21.5 Å². The van der Waals surface area contributed by atoms with Gasteiger partial charge in [-0.2, -0.15) is 0 Å². The first-order chi connectivity index (χ1) is 19.9. The Kier molecular flexibility index (Phi) is 5.37. The quantitative estimate of drug-likeness (QED) is 0.262. The molecular weight excluding hydrogens is 520 g/mol. The molecule has 2 aliphatic heterocycles. The first-order valence-corrected chi connectivity index (χ1v) is 14.3. The van der Waals surface area contributed by atoms with Crippen LogP contribution in [-0.4, -0.2) is 30.1 Å². The van der Waals surface area contributed by atoms with Crippen molar-refractivity contribution in [2.45, 2.75) is 38.5 Å². The van der Waals surface area contributed by atoms with Gasteiger partial charge in [0.2, 0.25) is 5.78 Å². The molecule has 4 aromatic carbocycles. The summed E-state index contributed by atoms with van der Waals surface area (Å²) in [6.45, 7) is 8.56. The van der Waals surface area contributed by atoms with E-state index in [9.17, 15) is 15.0 Å². The normalized spacial score (nSPS) is 21.0. The Bertz CT molecular complexity index is 2000. The summed E-state index contributed by atoms with van der Waals surface area (Å²) < 4.78 is 0. The zero-order valence-corrected chi connectivity index (χ0v) is 24.8. The van der Waals surface area contributed by atoms with Gasteiger partial charge >= 0.3 is 0 Å². The van der Waals surface area contributed by atoms with Gasteiger partial charge in [0, 0.05) is 47.7 Å². The number of fused-ring (bicyclic) bond motifs is 6. The molecule has 0 unspecified atom stereocenters. The summed E-state index contributed by atoms with van der Waals surface area (Å²) >= 11 is 0. The van der Waals surface area contributed by atoms with Gasteiger partial charge in [-0.25, -0.2) is 0 Å². The van der Waals surface area contributed by atoms with Crippen LogP contribution >= 0.6 is 0 Å². The van der Waals surface area contributed by atoms with Crippen molar-refractivity contribution in [3.05, 3.63) is 130 Å². The molecule has 0 fully saturated rings. The standard InChI is InChI=1S/C37H34N2O3/c1-36(2)29(38(5)27-17-15-21-11-7-9-13-23(21)31(27)36)19-25-33(40)26(35(42)34(25)41)20-30-37(3,4)32-24-14-10-8-12-22(24)16-18-28(32)39(30)6/h7-20,40H,1-6H3,(H,41,42)/b29-19-,30-20-. The largest absolute Gasteiger partial charge is 0.506 e. The number of hydrogen-bond donors (Lipinski definition) is 2. The number of anilines is 2. The Morgan fingerprint density at radius 2 is 1.02 bits per heavy atom. The number of allylic oxidation sites excluding steroid dienone is 5. The number of aliphatic hydroxyl groups excluding tert-OH is 2. The Balaban J connectivity index is 1.34. The van der Waals surface area contributed by atoms with E-state index in [1.807, 2.05) is 38.4 Å². The van der Waals surface area contributed by atoms with Crippen molar-refractivity contribution >= 4 is 38.7 Å². The van der Waals surface area contributed by atoms with E-state index in [4.69, 9.17) is 0 Å². The Morgan fingerprint density at radius 3 is 1.50 bits per heavy atom. The lowest BCUT2D eigenvalue weighted by Crippen LogP contribution is -2.23. The Labute approximate surface area is 246 Å². The molecule has 210 valence electrons. The van der Waals surface area contributed by atoms with Crippen LogP contribution in [0.15, 0.2) is 119 Å². The molecule has 0 saturated heterocycles. The van der Waals surface area contributed by atoms with Gasteiger partial charge in [-0.05, 0) is 57.0 Å². The lowest BCUT2D eigenvalue weighted by molar-refractivity contribution is -0.114. The zero-order chi connectivity index (χ0) is 29.7. The number of carbonyl (C=O) groups is 1. The first kappa shape index (κ1) is 26.1. The van der Waals surface area contributed by atoms with Crippen LogP contribution < -0.4 is 9.80 Å². The average molecular weight is 555 g/mol. The van der Waals surface area contributed by atoms with E-state index in [0.717, 1.165) is 38.9 Å². The second-order valence-electron chi connectivity index (χ2n) is 12.6. The predicted octanol–water partition coefficient (Wildman–Crippen LogP) is 8.12. The monoisotopic (exact) mass is 554 g/mol. The van der Waals surface area contributed by atoms with E-state index >= 15 is 0 Å². The maximum atomic E-state index is 13.5. The third-order valence-electron chi connectivity index (χ3n) is 9.58. The SMILES string of the molecule is CN1/C(=C\C2=C(O)C(/C=C3\N(C)c4ccc5ccccc5c4C3(C)C)=C(O)C2=O)C(C)(C)c2c1ccc1ccccc21. The van der Waals surface area contributed by atoms with E-state index in [-0.39, 0.29) is 16.9 Å². The lowest BCUT2D eigenvalue weighted by Gasteiger charge is -2.25. The highest BCUT2D eigenvalue weighted by atomic mass is 16.3. The molecule has 1 aliphatic carbocycles. The predicted molar refractivity (Wildman–Crippen MR) is 171 cm³/mol. The van der Waals surface area contributed by atoms with Crippen molar-refractivity contribution in [2.24, 2.45) is 0 Å². The fraction of sp³-hybridized carbons (Fsp3) is 0.216. The number of carbonyl (C=O) groups excluding carboxylic acids is 1. The summed E-state index contributed by atoms with van der Waals surface area (Å²) in [5.41, 5.74) is 5.65. The third kappa shape index (κ3) is 3.34. The molecule has 7 rings (SSSR count). The van der Waals surface area contributed by atoms with Crippen molar-refractivity contribution in [3.63, 3.8) is 0 Å². The fourth-order valence-corrected chi connectivity index (χ4v) is 7.46. The third-order valence-corrected chi connectivity index (χ3v) is 9.58. The molecule has 0 amide bonds. The van der Waals surface area contributed by atoms with Crippen molar-refractivity contribution < 1.29 is 15.0 Å². The number of benzene rings is 4. The van der Waals surface area contributed by atoms with E-state index in [0.29, 0.717) is 0 Å². The smallest absolute Gasteiger partial charge is 0.231 e. The average Bonchev–Trinajstić information content (AvgIpc) is 3.40. The number of aliphatic hydroxyl groups is 2. The number of ketones is 1. The number of hydrogen-bond acceptors (Lipinski definition) is 5. The van der Waals surface area contributed by atoms with E-state index in [2.05, 4.69) is 86.0 Å². The molecule has 0 aromatic heterocycles. The first-order valence-electron chi connectivity index (χ1n) is 14.3. The van der Waals surface area contributed by atoms with Gasteiger partial charge in [0.15, 0.2) is 5.76 Å². The fourth-order valence-electron chi connectivity index (χ4n) is 7.46. The van der Waals surface area contributed by atoms with Gasteiger partial charge in [0.25, 0.3) is 0 Å². The van der Waals surface area contributed by atoms with Crippen molar-refractivity contribution in [1.82, 2.24) is 0 Å². The minimum atomic E-state index is -0.571. The van der Waals surface area contributed by atoms with E-state index in [1.54, 1.807) is 12.2 Å². The van der Waals surface area contributed by atoms with Crippen LogP contribution in [0.1, 0.15) is 38.8 Å². The molecule has 5 heteroatoms. The highest BCUT2D eigenvalue weighted by Gasteiger charge is 2.43. The number of nitrogens with zero attached hydrogens (tertiary/aromatic N) is 2. The topological polar surface area (TPSA) is 64.0 Å². The number of rotatable bonds is 2. The summed E-state index contributed by atoms with van der Waals surface area (Å²) in [5.74, 6) is -1.20. The van der Waals surface area contributed by atoms with Gasteiger partial charge in [-0.1, -0.05) is 88.4 Å². The summed E-state index contributed by atoms with van der Waals surface area (Å²) in [6, 6.07) is 25.1. The zero-order valence-electron chi connectivity index (χ0n) is 24.8. The van der Waals surface area contributed by atoms with Gasteiger partial charge in [-0.3, -0.25) is 4.79 Å². The summed E-state index contributed by atoms with van der Waals surface area (Å²) in [5, 5.41) is 27.3. The van der Waals surface area contributed by atoms with Crippen molar-refractivity contribution in [2.75, 3.05) is 23.9 Å². The van der Waals surface area contributed by atoms with Crippen molar-refractivity contribution in [3.8, 4) is 0 Å². The molecule has 0 saturated carbocycles. The highest BCUT2D eigenvalue weighted by Crippen LogP contribution is 2.52. The second kappa shape index (κ2) is 8.62. The maximum absolute atomic E-state index is 13.5. The second-order valence-corrected chi connectivity index (χ2v) is 12.6. The molecule has 2 heterocycles. The van der Waals surface area contributed by atoms with Gasteiger partial charge in [-0.15, -0.1) is 0 Å². The minimum absolute atomic E-state index is 0.104.